The molecule has 4 N–H and O–H groups in total. The van der Waals surface area contributed by atoms with Crippen molar-refractivity contribution >= 4 is 23.0 Å². The lowest BCUT2D eigenvalue weighted by molar-refractivity contribution is 0.0698. The highest BCUT2D eigenvalue weighted by atomic mass is 19.1. The number of carbonyl (C=O) groups is 1. The van der Waals surface area contributed by atoms with Gasteiger partial charge in [0.1, 0.15) is 5.82 Å². The molecule has 0 atom stereocenters. The molecule has 0 saturated heterocycles. The molecular formula is C14H13FN2O2. The summed E-state index contributed by atoms with van der Waals surface area (Å²) in [5.74, 6) is -1.34. The number of nitrogens with two attached hydrogens (primary N) is 1. The fraction of sp³-hybridized carbons (Fsp3) is 0.0714. The smallest absolute Gasteiger partial charge is 0.337 e. The van der Waals surface area contributed by atoms with Crippen molar-refractivity contribution < 1.29 is 14.3 Å². The number of anilines is 3. The molecule has 2 aromatic carbocycles. The van der Waals surface area contributed by atoms with E-state index in [0.717, 1.165) is 0 Å². The average molecular weight is 260 g/mol. The predicted molar refractivity (Wildman–Crippen MR) is 72.2 cm³/mol. The van der Waals surface area contributed by atoms with Crippen LogP contribution in [-0.4, -0.2) is 11.1 Å². The Bertz CT molecular complexity index is 641. The van der Waals surface area contributed by atoms with E-state index in [9.17, 15) is 9.18 Å². The maximum atomic E-state index is 13.1. The van der Waals surface area contributed by atoms with Gasteiger partial charge in [-0.3, -0.25) is 0 Å². The number of carboxylic acid groups (broad SMARTS) is 1. The van der Waals surface area contributed by atoms with Gasteiger partial charge in [0, 0.05) is 17.1 Å². The van der Waals surface area contributed by atoms with E-state index in [1.54, 1.807) is 25.1 Å². The summed E-state index contributed by atoms with van der Waals surface area (Å²) in [6, 6.07) is 9.20. The highest BCUT2D eigenvalue weighted by Gasteiger charge is 2.08. The quantitative estimate of drug-likeness (QED) is 0.741. The van der Waals surface area contributed by atoms with Crippen molar-refractivity contribution in [2.75, 3.05) is 11.1 Å². The van der Waals surface area contributed by atoms with Crippen LogP contribution in [0.15, 0.2) is 36.4 Å². The van der Waals surface area contributed by atoms with Gasteiger partial charge in [0.15, 0.2) is 0 Å². The molecule has 0 aliphatic rings. The summed E-state index contributed by atoms with van der Waals surface area (Å²) in [5.41, 5.74) is 7.77. The molecule has 98 valence electrons. The molecule has 19 heavy (non-hydrogen) atoms. The first-order chi connectivity index (χ1) is 8.97. The molecule has 0 saturated carbocycles. The maximum absolute atomic E-state index is 13.1. The summed E-state index contributed by atoms with van der Waals surface area (Å²) in [7, 11) is 0. The minimum absolute atomic E-state index is 0.0563. The van der Waals surface area contributed by atoms with Crippen LogP contribution >= 0.6 is 0 Å². The van der Waals surface area contributed by atoms with E-state index in [2.05, 4.69) is 5.32 Å². The summed E-state index contributed by atoms with van der Waals surface area (Å²) >= 11 is 0. The summed E-state index contributed by atoms with van der Waals surface area (Å²) in [6.45, 7) is 1.67. The van der Waals surface area contributed by atoms with Gasteiger partial charge in [-0.2, -0.15) is 0 Å². The van der Waals surface area contributed by atoms with Crippen molar-refractivity contribution in [3.05, 3.63) is 53.3 Å². The number of aryl methyl sites for hydroxylation is 1. The first-order valence-corrected chi connectivity index (χ1v) is 5.63. The molecule has 0 bridgehead atoms. The molecule has 2 aromatic rings. The number of rotatable bonds is 3. The van der Waals surface area contributed by atoms with E-state index in [1.807, 2.05) is 0 Å². The standard InChI is InChI=1S/C14H13FN2O2/c1-8-6-9(3-5-12(8)15)17-10-2-4-11(14(18)19)13(16)7-10/h2-7,17H,16H2,1H3,(H,18,19). The number of carboxylic acids is 1. The SMILES string of the molecule is Cc1cc(Nc2ccc(C(=O)O)c(N)c2)ccc1F. The number of hydrogen-bond acceptors (Lipinski definition) is 3. The van der Waals surface area contributed by atoms with Crippen molar-refractivity contribution in [3.8, 4) is 0 Å². The van der Waals surface area contributed by atoms with E-state index in [0.29, 0.717) is 16.9 Å². The highest BCUT2D eigenvalue weighted by molar-refractivity contribution is 5.94. The van der Waals surface area contributed by atoms with Crippen LogP contribution in [0.4, 0.5) is 21.5 Å². The van der Waals surface area contributed by atoms with Crippen LogP contribution in [0.2, 0.25) is 0 Å². The highest BCUT2D eigenvalue weighted by Crippen LogP contribution is 2.23. The van der Waals surface area contributed by atoms with E-state index < -0.39 is 5.97 Å². The van der Waals surface area contributed by atoms with Gasteiger partial charge in [-0.05, 0) is 48.9 Å². The van der Waals surface area contributed by atoms with E-state index in [-0.39, 0.29) is 17.1 Å². The molecule has 2 rings (SSSR count). The van der Waals surface area contributed by atoms with Gasteiger partial charge >= 0.3 is 5.97 Å². The third-order valence-electron chi connectivity index (χ3n) is 2.73. The number of aromatic carboxylic acids is 1. The first kappa shape index (κ1) is 12.9. The largest absolute Gasteiger partial charge is 0.478 e. The molecule has 0 unspecified atom stereocenters. The van der Waals surface area contributed by atoms with Crippen LogP contribution < -0.4 is 11.1 Å². The minimum atomic E-state index is -1.07. The van der Waals surface area contributed by atoms with Crippen molar-refractivity contribution in [2.45, 2.75) is 6.92 Å². The predicted octanol–water partition coefficient (Wildman–Crippen LogP) is 3.16. The lowest BCUT2D eigenvalue weighted by atomic mass is 10.1. The second-order valence-corrected chi connectivity index (χ2v) is 4.20. The molecular weight excluding hydrogens is 247 g/mol. The minimum Gasteiger partial charge on any atom is -0.478 e. The molecule has 0 heterocycles. The second kappa shape index (κ2) is 4.97. The van der Waals surface area contributed by atoms with Crippen LogP contribution in [0.5, 0.6) is 0 Å². The average Bonchev–Trinajstić information content (AvgIpc) is 2.33. The van der Waals surface area contributed by atoms with Crippen LogP contribution in [0, 0.1) is 12.7 Å². The Labute approximate surface area is 109 Å². The molecule has 4 nitrogen and oxygen atoms in total. The van der Waals surface area contributed by atoms with Crippen molar-refractivity contribution in [1.82, 2.24) is 0 Å². The van der Waals surface area contributed by atoms with Crippen molar-refractivity contribution in [2.24, 2.45) is 0 Å². The van der Waals surface area contributed by atoms with Gasteiger partial charge in [-0.25, -0.2) is 9.18 Å². The Kier molecular flexibility index (Phi) is 3.37. The summed E-state index contributed by atoms with van der Waals surface area (Å²) in [5, 5.41) is 11.9. The monoisotopic (exact) mass is 260 g/mol. The fourth-order valence-electron chi connectivity index (χ4n) is 1.72. The number of nitrogens with one attached hydrogen (secondary N) is 1. The van der Waals surface area contributed by atoms with Gasteiger partial charge in [0.05, 0.1) is 5.56 Å². The Morgan fingerprint density at radius 3 is 2.42 bits per heavy atom. The van der Waals surface area contributed by atoms with Crippen LogP contribution in [-0.2, 0) is 0 Å². The van der Waals surface area contributed by atoms with Crippen molar-refractivity contribution in [1.29, 1.82) is 0 Å². The Balaban J connectivity index is 2.26. The lowest BCUT2D eigenvalue weighted by Gasteiger charge is -2.09. The third-order valence-corrected chi connectivity index (χ3v) is 2.73. The Morgan fingerprint density at radius 1 is 1.21 bits per heavy atom. The van der Waals surface area contributed by atoms with Gasteiger partial charge in [-0.15, -0.1) is 0 Å². The van der Waals surface area contributed by atoms with Gasteiger partial charge in [-0.1, -0.05) is 0 Å². The Hall–Kier alpha value is -2.56. The number of benzene rings is 2. The summed E-state index contributed by atoms with van der Waals surface area (Å²) in [4.78, 5) is 10.8. The normalized spacial score (nSPS) is 10.2. The topological polar surface area (TPSA) is 75.3 Å². The van der Waals surface area contributed by atoms with Crippen molar-refractivity contribution in [3.63, 3.8) is 0 Å². The number of nitrogen functional groups attached to an aromatic ring is 1. The third kappa shape index (κ3) is 2.82. The Morgan fingerprint density at radius 2 is 1.84 bits per heavy atom. The van der Waals surface area contributed by atoms with Gasteiger partial charge in [0.2, 0.25) is 0 Å². The zero-order chi connectivity index (χ0) is 14.0. The number of hydrogen-bond donors (Lipinski definition) is 3. The molecule has 5 heteroatoms. The molecule has 0 amide bonds. The second-order valence-electron chi connectivity index (χ2n) is 4.20. The molecule has 0 aliphatic carbocycles. The summed E-state index contributed by atoms with van der Waals surface area (Å²) in [6.07, 6.45) is 0. The zero-order valence-electron chi connectivity index (χ0n) is 10.3. The van der Waals surface area contributed by atoms with Gasteiger partial charge in [0.25, 0.3) is 0 Å². The van der Waals surface area contributed by atoms with Crippen LogP contribution in [0.25, 0.3) is 0 Å². The first-order valence-electron chi connectivity index (χ1n) is 5.63. The number of halogens is 1. The molecule has 0 aliphatic heterocycles. The molecule has 0 fully saturated rings. The summed E-state index contributed by atoms with van der Waals surface area (Å²) < 4.78 is 13.1. The maximum Gasteiger partial charge on any atom is 0.337 e. The zero-order valence-corrected chi connectivity index (χ0v) is 10.3. The van der Waals surface area contributed by atoms with E-state index in [4.69, 9.17) is 10.8 Å². The molecule has 0 aromatic heterocycles. The van der Waals surface area contributed by atoms with Crippen LogP contribution in [0.1, 0.15) is 15.9 Å². The molecule has 0 spiro atoms. The lowest BCUT2D eigenvalue weighted by Crippen LogP contribution is -2.03. The van der Waals surface area contributed by atoms with E-state index in [1.165, 1.54) is 18.2 Å². The van der Waals surface area contributed by atoms with Crippen LogP contribution in [0.3, 0.4) is 0 Å². The van der Waals surface area contributed by atoms with Gasteiger partial charge < -0.3 is 16.2 Å². The fourth-order valence-corrected chi connectivity index (χ4v) is 1.72. The van der Waals surface area contributed by atoms with E-state index >= 15 is 0 Å². The molecule has 0 radical (unpaired) electrons.